The van der Waals surface area contributed by atoms with Crippen LogP contribution in [0.25, 0.3) is 21.8 Å². The van der Waals surface area contributed by atoms with E-state index in [-0.39, 0.29) is 24.1 Å². The molecule has 4 rings (SSSR count). The van der Waals surface area contributed by atoms with E-state index < -0.39 is 0 Å². The highest BCUT2D eigenvalue weighted by Crippen LogP contribution is 2.37. The Hall–Kier alpha value is -3.59. The number of imidazole rings is 1. The topological polar surface area (TPSA) is 94.7 Å². The normalized spacial score (nSPS) is 11.0. The number of carbonyl (C=O) groups excluding carboxylic acids is 1. The molecule has 4 aromatic rings. The monoisotopic (exact) mass is 420 g/mol. The average molecular weight is 420 g/mol. The maximum Gasteiger partial charge on any atom is 0.267 e. The number of amides is 1. The van der Waals surface area contributed by atoms with Crippen LogP contribution in [0.5, 0.6) is 0 Å². The first-order valence-corrected chi connectivity index (χ1v) is 10.2. The largest absolute Gasteiger partial charge is 0.328 e. The highest BCUT2D eigenvalue weighted by Gasteiger charge is 2.18. The van der Waals surface area contributed by atoms with Crippen LogP contribution in [0, 0.1) is 0 Å². The quantitative estimate of drug-likeness (QED) is 0.516. The van der Waals surface area contributed by atoms with Crippen molar-refractivity contribution in [3.63, 3.8) is 0 Å². The Morgan fingerprint density at radius 1 is 1.17 bits per heavy atom. The Bertz CT molecular complexity index is 1210. The molecule has 0 aliphatic carbocycles. The second-order valence-corrected chi connectivity index (χ2v) is 7.94. The predicted molar refractivity (Wildman–Crippen MR) is 116 cm³/mol. The number of carbonyl (C=O) groups is 1. The molecule has 30 heavy (non-hydrogen) atoms. The lowest BCUT2D eigenvalue weighted by Gasteiger charge is -2.09. The molecule has 0 radical (unpaired) electrons. The van der Waals surface area contributed by atoms with Gasteiger partial charge in [0.25, 0.3) is 5.56 Å². The molecule has 0 bridgehead atoms. The van der Waals surface area contributed by atoms with Gasteiger partial charge in [-0.15, -0.1) is 0 Å². The average Bonchev–Trinajstić information content (AvgIpc) is 3.39. The van der Waals surface area contributed by atoms with Crippen molar-refractivity contribution in [2.75, 3.05) is 5.32 Å². The third kappa shape index (κ3) is 4.20. The second-order valence-electron chi connectivity index (χ2n) is 6.94. The Kier molecular flexibility index (Phi) is 5.53. The van der Waals surface area contributed by atoms with Crippen molar-refractivity contribution in [2.24, 2.45) is 0 Å². The minimum atomic E-state index is -0.201. The van der Waals surface area contributed by atoms with Crippen molar-refractivity contribution < 1.29 is 4.79 Å². The number of rotatable bonds is 6. The molecule has 0 saturated heterocycles. The Morgan fingerprint density at radius 3 is 2.67 bits per heavy atom. The molecular weight excluding hydrogens is 400 g/mol. The summed E-state index contributed by atoms with van der Waals surface area (Å²) >= 11 is 1.33. The third-order valence-electron chi connectivity index (χ3n) is 4.35. The maximum absolute atomic E-state index is 12.4. The molecule has 0 unspecified atom stereocenters. The van der Waals surface area contributed by atoms with Crippen LogP contribution in [0.3, 0.4) is 0 Å². The zero-order valence-electron chi connectivity index (χ0n) is 16.5. The van der Waals surface area contributed by atoms with Crippen LogP contribution in [0.1, 0.15) is 19.9 Å². The molecule has 9 heteroatoms. The molecular formula is C21H20N6O2S. The summed E-state index contributed by atoms with van der Waals surface area (Å²) in [6.45, 7) is 3.96. The number of benzene rings is 1. The van der Waals surface area contributed by atoms with Crippen molar-refractivity contribution in [1.82, 2.24) is 24.3 Å². The number of hydrogen-bond acceptors (Lipinski definition) is 6. The molecule has 0 aliphatic rings. The summed E-state index contributed by atoms with van der Waals surface area (Å²) in [6, 6.07) is 12.8. The van der Waals surface area contributed by atoms with E-state index >= 15 is 0 Å². The van der Waals surface area contributed by atoms with Crippen LogP contribution in [0.4, 0.5) is 5.13 Å². The van der Waals surface area contributed by atoms with Gasteiger partial charge >= 0.3 is 0 Å². The van der Waals surface area contributed by atoms with Crippen molar-refractivity contribution in [1.29, 1.82) is 0 Å². The van der Waals surface area contributed by atoms with Gasteiger partial charge in [0, 0.05) is 24.0 Å². The molecule has 0 fully saturated rings. The number of anilines is 1. The highest BCUT2D eigenvalue weighted by molar-refractivity contribution is 7.19. The fourth-order valence-corrected chi connectivity index (χ4v) is 3.93. The summed E-state index contributed by atoms with van der Waals surface area (Å²) in [5.41, 5.74) is 2.09. The Morgan fingerprint density at radius 2 is 1.97 bits per heavy atom. The van der Waals surface area contributed by atoms with E-state index in [0.29, 0.717) is 16.5 Å². The molecule has 0 spiro atoms. The van der Waals surface area contributed by atoms with Gasteiger partial charge in [-0.25, -0.2) is 14.6 Å². The van der Waals surface area contributed by atoms with Gasteiger partial charge in [0.1, 0.15) is 12.2 Å². The van der Waals surface area contributed by atoms with Crippen molar-refractivity contribution >= 4 is 22.4 Å². The number of hydrogen-bond donors (Lipinski definition) is 1. The zero-order valence-corrected chi connectivity index (χ0v) is 17.3. The number of nitrogens with one attached hydrogen (secondary N) is 1. The molecule has 3 heterocycles. The lowest BCUT2D eigenvalue weighted by Crippen LogP contribution is -2.23. The first-order valence-electron chi connectivity index (χ1n) is 9.43. The third-order valence-corrected chi connectivity index (χ3v) is 5.35. The van der Waals surface area contributed by atoms with Gasteiger partial charge in [-0.05, 0) is 19.9 Å². The van der Waals surface area contributed by atoms with Crippen molar-refractivity contribution in [3.05, 3.63) is 71.5 Å². The van der Waals surface area contributed by atoms with Gasteiger partial charge in [0.15, 0.2) is 5.13 Å². The van der Waals surface area contributed by atoms with Crippen LogP contribution >= 0.6 is 11.3 Å². The maximum atomic E-state index is 12.4. The van der Waals surface area contributed by atoms with E-state index in [2.05, 4.69) is 20.4 Å². The smallest absolute Gasteiger partial charge is 0.267 e. The van der Waals surface area contributed by atoms with Gasteiger partial charge < -0.3 is 9.88 Å². The van der Waals surface area contributed by atoms with E-state index in [1.165, 1.54) is 22.1 Å². The van der Waals surface area contributed by atoms with Crippen LogP contribution in [-0.2, 0) is 11.3 Å². The molecule has 0 saturated carbocycles. The second kappa shape index (κ2) is 8.42. The van der Waals surface area contributed by atoms with Gasteiger partial charge in [0.2, 0.25) is 5.91 Å². The SMILES string of the molecule is CC(C)n1nc(-c2sc(NC(=O)Cn3ccnc3)nc2-c2ccccc2)ccc1=O. The van der Waals surface area contributed by atoms with Gasteiger partial charge in [-0.2, -0.15) is 5.10 Å². The fraction of sp³-hybridized carbons (Fsp3) is 0.190. The number of nitrogens with zero attached hydrogens (tertiary/aromatic N) is 5. The van der Waals surface area contributed by atoms with Crippen LogP contribution in [0.2, 0.25) is 0 Å². The molecule has 152 valence electrons. The lowest BCUT2D eigenvalue weighted by atomic mass is 10.1. The molecule has 8 nitrogen and oxygen atoms in total. The minimum Gasteiger partial charge on any atom is -0.328 e. The van der Waals surface area contributed by atoms with E-state index in [9.17, 15) is 9.59 Å². The fourth-order valence-electron chi connectivity index (χ4n) is 2.96. The first kappa shape index (κ1) is 19.7. The summed E-state index contributed by atoms with van der Waals surface area (Å²) < 4.78 is 3.13. The van der Waals surface area contributed by atoms with E-state index in [1.54, 1.807) is 29.4 Å². The molecule has 0 atom stereocenters. The summed E-state index contributed by atoms with van der Waals surface area (Å²) in [5, 5.41) is 7.85. The predicted octanol–water partition coefficient (Wildman–Crippen LogP) is 3.45. The minimum absolute atomic E-state index is 0.0695. The van der Waals surface area contributed by atoms with Gasteiger partial charge in [-0.1, -0.05) is 41.7 Å². The lowest BCUT2D eigenvalue weighted by molar-refractivity contribution is -0.116. The van der Waals surface area contributed by atoms with E-state index in [1.807, 2.05) is 44.2 Å². The van der Waals surface area contributed by atoms with Crippen molar-refractivity contribution in [3.8, 4) is 21.8 Å². The zero-order chi connectivity index (χ0) is 21.1. The van der Waals surface area contributed by atoms with Crippen LogP contribution in [0.15, 0.2) is 66.0 Å². The van der Waals surface area contributed by atoms with Crippen LogP contribution < -0.4 is 10.9 Å². The summed E-state index contributed by atoms with van der Waals surface area (Å²) in [7, 11) is 0. The van der Waals surface area contributed by atoms with E-state index in [0.717, 1.165) is 10.4 Å². The summed E-state index contributed by atoms with van der Waals surface area (Å²) in [4.78, 5) is 33.9. The summed E-state index contributed by atoms with van der Waals surface area (Å²) in [5.74, 6) is -0.201. The molecule has 0 aliphatic heterocycles. The first-order chi connectivity index (χ1) is 14.5. The number of thiazole rings is 1. The van der Waals surface area contributed by atoms with E-state index in [4.69, 9.17) is 0 Å². The van der Waals surface area contributed by atoms with Gasteiger partial charge in [-0.3, -0.25) is 9.59 Å². The molecule has 1 amide bonds. The molecule has 1 aromatic carbocycles. The molecule has 3 aromatic heterocycles. The molecule has 1 N–H and O–H groups in total. The summed E-state index contributed by atoms with van der Waals surface area (Å²) in [6.07, 6.45) is 4.93. The Labute approximate surface area is 176 Å². The standard InChI is InChI=1S/C21H20N6O2S/c1-14(2)27-18(29)9-8-16(25-27)20-19(15-6-4-3-5-7-15)24-21(30-20)23-17(28)12-26-11-10-22-13-26/h3-11,13-14H,12H2,1-2H3,(H,23,24,28). The van der Waals surface area contributed by atoms with Gasteiger partial charge in [0.05, 0.1) is 22.9 Å². The highest BCUT2D eigenvalue weighted by atomic mass is 32.1. The number of aromatic nitrogens is 5. The van der Waals surface area contributed by atoms with Crippen LogP contribution in [-0.4, -0.2) is 30.2 Å². The van der Waals surface area contributed by atoms with Crippen molar-refractivity contribution in [2.45, 2.75) is 26.4 Å². The Balaban J connectivity index is 1.73.